The molecule has 0 bridgehead atoms. The maximum absolute atomic E-state index is 6.12. The summed E-state index contributed by atoms with van der Waals surface area (Å²) in [5.74, 6) is 1.59. The lowest BCUT2D eigenvalue weighted by Gasteiger charge is -2.10. The minimum atomic E-state index is 0.618. The van der Waals surface area contributed by atoms with Crippen LogP contribution in [0.5, 0.6) is 0 Å². The highest BCUT2D eigenvalue weighted by Gasteiger charge is 2.17. The van der Waals surface area contributed by atoms with Crippen molar-refractivity contribution in [3.8, 4) is 17.1 Å². The molecular formula is C15H10Br2ClN3. The second-order valence-corrected chi connectivity index (χ2v) is 6.22. The summed E-state index contributed by atoms with van der Waals surface area (Å²) in [5, 5.41) is 9.87. The van der Waals surface area contributed by atoms with E-state index in [0.717, 1.165) is 27.4 Å². The maximum atomic E-state index is 6.12. The first kappa shape index (κ1) is 14.8. The minimum Gasteiger partial charge on any atom is -0.278 e. The smallest absolute Gasteiger partial charge is 0.169 e. The number of alkyl halides is 1. The molecule has 0 saturated heterocycles. The van der Waals surface area contributed by atoms with Crippen LogP contribution >= 0.6 is 43.5 Å². The van der Waals surface area contributed by atoms with E-state index in [2.05, 4.69) is 42.1 Å². The zero-order valence-electron chi connectivity index (χ0n) is 10.8. The number of para-hydroxylation sites is 1. The van der Waals surface area contributed by atoms with Gasteiger partial charge in [-0.05, 0) is 30.3 Å². The van der Waals surface area contributed by atoms with Crippen LogP contribution in [0.15, 0.2) is 53.0 Å². The van der Waals surface area contributed by atoms with Crippen LogP contribution in [0, 0.1) is 0 Å². The van der Waals surface area contributed by atoms with Gasteiger partial charge in [0.15, 0.2) is 5.82 Å². The minimum absolute atomic E-state index is 0.618. The fourth-order valence-corrected chi connectivity index (χ4v) is 3.05. The van der Waals surface area contributed by atoms with Crippen LogP contribution in [0.1, 0.15) is 5.82 Å². The Hall–Kier alpha value is -1.17. The molecule has 2 aromatic carbocycles. The molecule has 0 spiro atoms. The lowest BCUT2D eigenvalue weighted by molar-refractivity contribution is 0.962. The quantitative estimate of drug-likeness (QED) is 0.535. The normalized spacial score (nSPS) is 10.8. The Labute approximate surface area is 144 Å². The van der Waals surface area contributed by atoms with Gasteiger partial charge in [-0.3, -0.25) is 4.57 Å². The highest BCUT2D eigenvalue weighted by atomic mass is 79.9. The monoisotopic (exact) mass is 425 g/mol. The maximum Gasteiger partial charge on any atom is 0.169 e. The van der Waals surface area contributed by atoms with Crippen molar-refractivity contribution < 1.29 is 0 Å². The molecule has 106 valence electrons. The van der Waals surface area contributed by atoms with E-state index >= 15 is 0 Å². The van der Waals surface area contributed by atoms with Gasteiger partial charge in [0.2, 0.25) is 0 Å². The van der Waals surface area contributed by atoms with E-state index in [1.807, 2.05) is 53.1 Å². The summed E-state index contributed by atoms with van der Waals surface area (Å²) in [6.07, 6.45) is 0. The molecule has 0 aliphatic carbocycles. The average molecular weight is 428 g/mol. The molecule has 1 aromatic heterocycles. The van der Waals surface area contributed by atoms with E-state index < -0.39 is 0 Å². The van der Waals surface area contributed by atoms with E-state index in [4.69, 9.17) is 11.6 Å². The number of nitrogens with zero attached hydrogens (tertiary/aromatic N) is 3. The standard InChI is InChI=1S/C15H10Br2ClN3/c16-9-14-19-20-15(12-8-10(18)6-7-13(12)17)21(14)11-4-2-1-3-5-11/h1-8H,9H2. The predicted octanol–water partition coefficient (Wildman–Crippen LogP) is 5.25. The third kappa shape index (κ3) is 2.91. The molecular weight excluding hydrogens is 417 g/mol. The van der Waals surface area contributed by atoms with Crippen LogP contribution in [0.4, 0.5) is 0 Å². The Kier molecular flexibility index (Phi) is 4.42. The molecule has 0 fully saturated rings. The summed E-state index contributed by atoms with van der Waals surface area (Å²) < 4.78 is 2.95. The van der Waals surface area contributed by atoms with E-state index in [1.165, 1.54) is 0 Å². The van der Waals surface area contributed by atoms with Gasteiger partial charge in [0, 0.05) is 20.7 Å². The number of benzene rings is 2. The third-order valence-corrected chi connectivity index (χ3v) is 4.46. The van der Waals surface area contributed by atoms with Crippen molar-refractivity contribution in [3.63, 3.8) is 0 Å². The Bertz CT molecular complexity index is 772. The van der Waals surface area contributed by atoms with Crippen LogP contribution in [-0.4, -0.2) is 14.8 Å². The Balaban J connectivity index is 2.25. The van der Waals surface area contributed by atoms with Gasteiger partial charge >= 0.3 is 0 Å². The van der Waals surface area contributed by atoms with E-state index in [-0.39, 0.29) is 0 Å². The van der Waals surface area contributed by atoms with Crippen LogP contribution in [-0.2, 0) is 5.33 Å². The molecule has 0 atom stereocenters. The zero-order valence-corrected chi connectivity index (χ0v) is 14.7. The molecule has 0 saturated carbocycles. The van der Waals surface area contributed by atoms with Crippen molar-refractivity contribution in [2.24, 2.45) is 0 Å². The van der Waals surface area contributed by atoms with Crippen molar-refractivity contribution in [1.82, 2.24) is 14.8 Å². The predicted molar refractivity (Wildman–Crippen MR) is 92.1 cm³/mol. The molecule has 0 unspecified atom stereocenters. The van der Waals surface area contributed by atoms with Crippen molar-refractivity contribution in [3.05, 3.63) is 63.9 Å². The molecule has 3 aromatic rings. The van der Waals surface area contributed by atoms with Gasteiger partial charge < -0.3 is 0 Å². The SMILES string of the molecule is Clc1ccc(Br)c(-c2nnc(CBr)n2-c2ccccc2)c1. The zero-order chi connectivity index (χ0) is 14.8. The van der Waals surface area contributed by atoms with Crippen molar-refractivity contribution in [1.29, 1.82) is 0 Å². The largest absolute Gasteiger partial charge is 0.278 e. The van der Waals surface area contributed by atoms with Crippen molar-refractivity contribution in [2.45, 2.75) is 5.33 Å². The Morgan fingerprint density at radius 3 is 2.52 bits per heavy atom. The lowest BCUT2D eigenvalue weighted by Crippen LogP contribution is -2.01. The van der Waals surface area contributed by atoms with Gasteiger partial charge in [-0.15, -0.1) is 10.2 Å². The number of aromatic nitrogens is 3. The van der Waals surface area contributed by atoms with Gasteiger partial charge in [0.05, 0.1) is 5.33 Å². The number of rotatable bonds is 3. The number of hydrogen-bond acceptors (Lipinski definition) is 2. The van der Waals surface area contributed by atoms with E-state index in [1.54, 1.807) is 0 Å². The molecule has 1 heterocycles. The first-order valence-corrected chi connectivity index (χ1v) is 8.51. The molecule has 0 amide bonds. The lowest BCUT2D eigenvalue weighted by atomic mass is 10.2. The van der Waals surface area contributed by atoms with Crippen LogP contribution < -0.4 is 0 Å². The highest BCUT2D eigenvalue weighted by Crippen LogP contribution is 2.32. The third-order valence-electron chi connectivity index (χ3n) is 3.03. The summed E-state index contributed by atoms with van der Waals surface area (Å²) in [5.41, 5.74) is 1.92. The second-order valence-electron chi connectivity index (χ2n) is 4.37. The van der Waals surface area contributed by atoms with Gasteiger partial charge in [0.1, 0.15) is 5.82 Å². The van der Waals surface area contributed by atoms with Crippen molar-refractivity contribution >= 4 is 43.5 Å². The molecule has 3 rings (SSSR count). The molecule has 0 radical (unpaired) electrons. The summed E-state index contributed by atoms with van der Waals surface area (Å²) >= 11 is 13.1. The summed E-state index contributed by atoms with van der Waals surface area (Å²) in [7, 11) is 0. The number of hydrogen-bond donors (Lipinski definition) is 0. The highest BCUT2D eigenvalue weighted by molar-refractivity contribution is 9.10. The fraction of sp³-hybridized carbons (Fsp3) is 0.0667. The van der Waals surface area contributed by atoms with E-state index in [0.29, 0.717) is 10.4 Å². The van der Waals surface area contributed by atoms with Crippen LogP contribution in [0.25, 0.3) is 17.1 Å². The molecule has 0 N–H and O–H groups in total. The van der Waals surface area contributed by atoms with Gasteiger partial charge in [0.25, 0.3) is 0 Å². The first-order chi connectivity index (χ1) is 10.2. The molecule has 6 heteroatoms. The number of halogens is 3. The van der Waals surface area contributed by atoms with Crippen LogP contribution in [0.2, 0.25) is 5.02 Å². The second kappa shape index (κ2) is 6.30. The first-order valence-electron chi connectivity index (χ1n) is 6.22. The van der Waals surface area contributed by atoms with Gasteiger partial charge in [-0.25, -0.2) is 0 Å². The Morgan fingerprint density at radius 1 is 1.05 bits per heavy atom. The summed E-state index contributed by atoms with van der Waals surface area (Å²) in [6, 6.07) is 15.6. The van der Waals surface area contributed by atoms with Crippen LogP contribution in [0.3, 0.4) is 0 Å². The summed E-state index contributed by atoms with van der Waals surface area (Å²) in [4.78, 5) is 0. The topological polar surface area (TPSA) is 30.7 Å². The van der Waals surface area contributed by atoms with Gasteiger partial charge in [-0.1, -0.05) is 61.7 Å². The molecule has 21 heavy (non-hydrogen) atoms. The van der Waals surface area contributed by atoms with E-state index in [9.17, 15) is 0 Å². The average Bonchev–Trinajstić information content (AvgIpc) is 2.94. The molecule has 3 nitrogen and oxygen atoms in total. The summed E-state index contributed by atoms with van der Waals surface area (Å²) in [6.45, 7) is 0. The molecule has 0 aliphatic rings. The van der Waals surface area contributed by atoms with Gasteiger partial charge in [-0.2, -0.15) is 0 Å². The fourth-order valence-electron chi connectivity index (χ4n) is 2.09. The van der Waals surface area contributed by atoms with Crippen molar-refractivity contribution in [2.75, 3.05) is 0 Å². The molecule has 0 aliphatic heterocycles. The Morgan fingerprint density at radius 2 is 1.81 bits per heavy atom.